The van der Waals surface area contributed by atoms with Crippen LogP contribution in [0.25, 0.3) is 0 Å². The number of rotatable bonds is 0. The SMILES string of the molecule is Oc1cc2c(cc1O)[C@H]1CNC[C@@H]1CO2. The lowest BCUT2D eigenvalue weighted by Crippen LogP contribution is -2.24. The van der Waals surface area contributed by atoms with Crippen LogP contribution in [-0.2, 0) is 0 Å². The molecule has 80 valence electrons. The number of hydrogen-bond acceptors (Lipinski definition) is 4. The molecule has 0 radical (unpaired) electrons. The molecule has 2 atom stereocenters. The Labute approximate surface area is 87.5 Å². The minimum Gasteiger partial charge on any atom is -0.504 e. The highest BCUT2D eigenvalue weighted by molar-refractivity contribution is 5.51. The molecule has 15 heavy (non-hydrogen) atoms. The molecule has 1 aromatic carbocycles. The molecular weight excluding hydrogens is 194 g/mol. The minimum absolute atomic E-state index is 0.0649. The summed E-state index contributed by atoms with van der Waals surface area (Å²) in [4.78, 5) is 0. The Bertz CT molecular complexity index is 405. The number of fused-ring (bicyclic) bond motifs is 3. The van der Waals surface area contributed by atoms with E-state index in [1.165, 1.54) is 6.07 Å². The predicted octanol–water partition coefficient (Wildman–Crippen LogP) is 0.793. The molecule has 2 aliphatic rings. The Morgan fingerprint density at radius 3 is 2.87 bits per heavy atom. The molecular formula is C11H13NO3. The number of benzene rings is 1. The van der Waals surface area contributed by atoms with Gasteiger partial charge in [-0.05, 0) is 6.07 Å². The summed E-state index contributed by atoms with van der Waals surface area (Å²) in [6.45, 7) is 2.58. The van der Waals surface area contributed by atoms with Crippen LogP contribution in [0.3, 0.4) is 0 Å². The van der Waals surface area contributed by atoms with Gasteiger partial charge in [0.15, 0.2) is 11.5 Å². The van der Waals surface area contributed by atoms with Crippen molar-refractivity contribution in [2.45, 2.75) is 5.92 Å². The summed E-state index contributed by atoms with van der Waals surface area (Å²) in [6.07, 6.45) is 0. The van der Waals surface area contributed by atoms with E-state index in [4.69, 9.17) is 4.74 Å². The van der Waals surface area contributed by atoms with E-state index in [0.717, 1.165) is 18.7 Å². The molecule has 1 fully saturated rings. The molecule has 0 spiro atoms. The number of nitrogens with one attached hydrogen (secondary N) is 1. The monoisotopic (exact) mass is 207 g/mol. The average molecular weight is 207 g/mol. The van der Waals surface area contributed by atoms with E-state index in [-0.39, 0.29) is 11.5 Å². The fourth-order valence-corrected chi connectivity index (χ4v) is 2.46. The van der Waals surface area contributed by atoms with Crippen LogP contribution >= 0.6 is 0 Å². The number of ether oxygens (including phenoxy) is 1. The lowest BCUT2D eigenvalue weighted by Gasteiger charge is -2.28. The summed E-state index contributed by atoms with van der Waals surface area (Å²) in [7, 11) is 0. The van der Waals surface area contributed by atoms with Crippen molar-refractivity contribution in [3.8, 4) is 17.2 Å². The Balaban J connectivity index is 2.09. The first-order valence-electron chi connectivity index (χ1n) is 5.15. The highest BCUT2D eigenvalue weighted by Crippen LogP contribution is 2.43. The maximum absolute atomic E-state index is 9.47. The van der Waals surface area contributed by atoms with E-state index in [0.29, 0.717) is 24.2 Å². The van der Waals surface area contributed by atoms with Gasteiger partial charge in [0.1, 0.15) is 5.75 Å². The third-order valence-electron chi connectivity index (χ3n) is 3.30. The highest BCUT2D eigenvalue weighted by Gasteiger charge is 2.35. The van der Waals surface area contributed by atoms with Crippen LogP contribution < -0.4 is 10.1 Å². The van der Waals surface area contributed by atoms with Gasteiger partial charge in [0.25, 0.3) is 0 Å². The molecule has 0 amide bonds. The number of hydrogen-bond donors (Lipinski definition) is 3. The van der Waals surface area contributed by atoms with Gasteiger partial charge in [-0.2, -0.15) is 0 Å². The van der Waals surface area contributed by atoms with Crippen molar-refractivity contribution in [3.63, 3.8) is 0 Å². The van der Waals surface area contributed by atoms with Gasteiger partial charge in [0.2, 0.25) is 0 Å². The summed E-state index contributed by atoms with van der Waals surface area (Å²) >= 11 is 0. The first kappa shape index (κ1) is 8.85. The van der Waals surface area contributed by atoms with E-state index >= 15 is 0 Å². The van der Waals surface area contributed by atoms with Gasteiger partial charge in [-0.1, -0.05) is 0 Å². The molecule has 1 aromatic rings. The van der Waals surface area contributed by atoms with Gasteiger partial charge in [-0.3, -0.25) is 0 Å². The van der Waals surface area contributed by atoms with E-state index in [1.807, 2.05) is 0 Å². The van der Waals surface area contributed by atoms with Gasteiger partial charge < -0.3 is 20.3 Å². The lowest BCUT2D eigenvalue weighted by molar-refractivity contribution is 0.217. The average Bonchev–Trinajstić information content (AvgIpc) is 2.68. The predicted molar refractivity (Wildman–Crippen MR) is 54.4 cm³/mol. The molecule has 3 N–H and O–H groups in total. The van der Waals surface area contributed by atoms with Gasteiger partial charge in [-0.15, -0.1) is 0 Å². The van der Waals surface area contributed by atoms with Crippen molar-refractivity contribution < 1.29 is 14.9 Å². The van der Waals surface area contributed by atoms with Gasteiger partial charge in [0.05, 0.1) is 6.61 Å². The summed E-state index contributed by atoms with van der Waals surface area (Å²) < 4.78 is 5.56. The molecule has 0 aliphatic carbocycles. The van der Waals surface area contributed by atoms with Crippen molar-refractivity contribution in [1.29, 1.82) is 0 Å². The van der Waals surface area contributed by atoms with E-state index in [9.17, 15) is 10.2 Å². The normalized spacial score (nSPS) is 28.0. The van der Waals surface area contributed by atoms with Crippen molar-refractivity contribution in [1.82, 2.24) is 5.32 Å². The van der Waals surface area contributed by atoms with Crippen molar-refractivity contribution >= 4 is 0 Å². The maximum Gasteiger partial charge on any atom is 0.161 e. The fraction of sp³-hybridized carbons (Fsp3) is 0.455. The van der Waals surface area contributed by atoms with Crippen LogP contribution in [-0.4, -0.2) is 29.9 Å². The summed E-state index contributed by atoms with van der Waals surface area (Å²) in [5.74, 6) is 1.42. The van der Waals surface area contributed by atoms with E-state index in [2.05, 4.69) is 5.32 Å². The Morgan fingerprint density at radius 1 is 1.20 bits per heavy atom. The third kappa shape index (κ3) is 1.25. The molecule has 0 unspecified atom stereocenters. The fourth-order valence-electron chi connectivity index (χ4n) is 2.46. The number of aromatic hydroxyl groups is 2. The zero-order valence-corrected chi connectivity index (χ0v) is 8.23. The zero-order valence-electron chi connectivity index (χ0n) is 8.23. The van der Waals surface area contributed by atoms with Gasteiger partial charge in [0, 0.05) is 36.6 Å². The molecule has 2 aliphatic heterocycles. The maximum atomic E-state index is 9.47. The largest absolute Gasteiger partial charge is 0.504 e. The second kappa shape index (κ2) is 3.03. The van der Waals surface area contributed by atoms with Crippen LogP contribution in [0.4, 0.5) is 0 Å². The third-order valence-corrected chi connectivity index (χ3v) is 3.30. The first-order valence-corrected chi connectivity index (χ1v) is 5.15. The van der Waals surface area contributed by atoms with Crippen LogP contribution in [0.5, 0.6) is 17.2 Å². The topological polar surface area (TPSA) is 61.7 Å². The molecule has 3 rings (SSSR count). The van der Waals surface area contributed by atoms with Crippen LogP contribution in [0.15, 0.2) is 12.1 Å². The molecule has 4 heteroatoms. The quantitative estimate of drug-likeness (QED) is 0.550. The number of phenolic OH excluding ortho intramolecular Hbond substituents is 2. The first-order chi connectivity index (χ1) is 7.25. The van der Waals surface area contributed by atoms with E-state index in [1.54, 1.807) is 6.07 Å². The molecule has 0 aromatic heterocycles. The molecule has 1 saturated heterocycles. The minimum atomic E-state index is -0.113. The van der Waals surface area contributed by atoms with Gasteiger partial charge in [-0.25, -0.2) is 0 Å². The van der Waals surface area contributed by atoms with Crippen molar-refractivity contribution in [2.24, 2.45) is 5.92 Å². The smallest absolute Gasteiger partial charge is 0.161 e. The summed E-state index contributed by atoms with van der Waals surface area (Å²) in [5.41, 5.74) is 1.01. The summed E-state index contributed by atoms with van der Waals surface area (Å²) in [6, 6.07) is 3.12. The van der Waals surface area contributed by atoms with E-state index < -0.39 is 0 Å². The molecule has 0 bridgehead atoms. The van der Waals surface area contributed by atoms with Crippen LogP contribution in [0.2, 0.25) is 0 Å². The summed E-state index contributed by atoms with van der Waals surface area (Å²) in [5, 5.41) is 22.2. The number of phenols is 2. The standard InChI is InChI=1S/C11H13NO3/c13-9-1-7-8-4-12-3-6(8)5-15-11(7)2-10(9)14/h1-2,6,8,12-14H,3-5H2/t6-,8+/m1/s1. The van der Waals surface area contributed by atoms with Gasteiger partial charge >= 0.3 is 0 Å². The van der Waals surface area contributed by atoms with Crippen LogP contribution in [0.1, 0.15) is 11.5 Å². The Kier molecular flexibility index (Phi) is 1.79. The molecule has 0 saturated carbocycles. The Hall–Kier alpha value is -1.42. The lowest BCUT2D eigenvalue weighted by atomic mass is 9.87. The van der Waals surface area contributed by atoms with Crippen molar-refractivity contribution in [3.05, 3.63) is 17.7 Å². The highest BCUT2D eigenvalue weighted by atomic mass is 16.5. The Morgan fingerprint density at radius 2 is 2.00 bits per heavy atom. The van der Waals surface area contributed by atoms with Crippen LogP contribution in [0, 0.1) is 5.92 Å². The zero-order chi connectivity index (χ0) is 10.4. The second-order valence-corrected chi connectivity index (χ2v) is 4.21. The second-order valence-electron chi connectivity index (χ2n) is 4.21. The molecule has 2 heterocycles. The van der Waals surface area contributed by atoms with Crippen molar-refractivity contribution in [2.75, 3.05) is 19.7 Å². The molecule has 4 nitrogen and oxygen atoms in total.